The Hall–Kier alpha value is -2.33. The molecule has 106 valence electrons. The molecule has 0 bridgehead atoms. The Morgan fingerprint density at radius 2 is 1.95 bits per heavy atom. The number of halogens is 2. The van der Waals surface area contributed by atoms with Gasteiger partial charge in [-0.2, -0.15) is 0 Å². The summed E-state index contributed by atoms with van der Waals surface area (Å²) in [6, 6.07) is 11.6. The number of hydrogen-bond acceptors (Lipinski definition) is 3. The highest BCUT2D eigenvalue weighted by molar-refractivity contribution is 6.31. The van der Waals surface area contributed by atoms with Gasteiger partial charge in [0, 0.05) is 10.6 Å². The molecular formula is C16H12ClFN2O. The Morgan fingerprint density at radius 1 is 1.19 bits per heavy atom. The molecule has 1 aromatic heterocycles. The monoisotopic (exact) mass is 302 g/mol. The molecular weight excluding hydrogens is 291 g/mol. The molecule has 3 nitrogen and oxygen atoms in total. The van der Waals surface area contributed by atoms with Crippen molar-refractivity contribution >= 4 is 17.5 Å². The topological polar surface area (TPSA) is 52.0 Å². The fraction of sp³-hybridized carbons (Fsp3) is 0.0625. The highest BCUT2D eigenvalue weighted by Crippen LogP contribution is 2.38. The molecule has 0 amide bonds. The highest BCUT2D eigenvalue weighted by atomic mass is 35.5. The molecule has 0 saturated carbocycles. The van der Waals surface area contributed by atoms with Crippen LogP contribution in [0.15, 0.2) is 47.0 Å². The van der Waals surface area contributed by atoms with Gasteiger partial charge >= 0.3 is 0 Å². The van der Waals surface area contributed by atoms with Crippen LogP contribution in [0, 0.1) is 12.7 Å². The number of nitrogen functional groups attached to an aromatic ring is 1. The van der Waals surface area contributed by atoms with E-state index in [-0.39, 0.29) is 11.7 Å². The molecule has 0 atom stereocenters. The molecule has 0 saturated heterocycles. The van der Waals surface area contributed by atoms with Gasteiger partial charge < -0.3 is 10.3 Å². The number of nitrogens with two attached hydrogens (primary N) is 1. The molecule has 0 aliphatic rings. The van der Waals surface area contributed by atoms with Gasteiger partial charge in [0.15, 0.2) is 0 Å². The van der Waals surface area contributed by atoms with Crippen LogP contribution in [0.25, 0.3) is 22.4 Å². The minimum atomic E-state index is -0.345. The zero-order valence-electron chi connectivity index (χ0n) is 11.2. The minimum Gasteiger partial charge on any atom is -0.367 e. The van der Waals surface area contributed by atoms with Crippen molar-refractivity contribution in [1.29, 1.82) is 0 Å². The van der Waals surface area contributed by atoms with Crippen molar-refractivity contribution in [3.05, 3.63) is 58.9 Å². The first-order valence-corrected chi connectivity index (χ1v) is 6.72. The summed E-state index contributed by atoms with van der Waals surface area (Å²) >= 11 is 6.14. The number of anilines is 1. The molecule has 0 radical (unpaired) electrons. The van der Waals surface area contributed by atoms with Gasteiger partial charge in [-0.15, -0.1) is 0 Å². The first-order valence-electron chi connectivity index (χ1n) is 6.34. The molecule has 3 aromatic rings. The average Bonchev–Trinajstić information content (AvgIpc) is 2.83. The van der Waals surface area contributed by atoms with Crippen molar-refractivity contribution in [2.75, 3.05) is 5.73 Å². The van der Waals surface area contributed by atoms with Crippen LogP contribution in [0.4, 0.5) is 10.3 Å². The maximum Gasteiger partial charge on any atom is 0.230 e. The second kappa shape index (κ2) is 5.22. The van der Waals surface area contributed by atoms with Crippen LogP contribution in [0.3, 0.4) is 0 Å². The number of hydrogen-bond donors (Lipinski definition) is 1. The van der Waals surface area contributed by atoms with E-state index in [1.54, 1.807) is 18.2 Å². The summed E-state index contributed by atoms with van der Waals surface area (Å²) in [5, 5.41) is 4.64. The fourth-order valence-corrected chi connectivity index (χ4v) is 2.45. The molecule has 2 aromatic carbocycles. The number of benzene rings is 2. The van der Waals surface area contributed by atoms with Crippen molar-refractivity contribution < 1.29 is 8.91 Å². The SMILES string of the molecule is Cc1c(Cl)cccc1-c1noc(N)c1-c1cccc(F)c1. The van der Waals surface area contributed by atoms with Crippen LogP contribution in [0.1, 0.15) is 5.56 Å². The molecule has 0 spiro atoms. The highest BCUT2D eigenvalue weighted by Gasteiger charge is 2.19. The number of aromatic nitrogens is 1. The van der Waals surface area contributed by atoms with Crippen LogP contribution in [-0.4, -0.2) is 5.16 Å². The molecule has 3 rings (SSSR count). The van der Waals surface area contributed by atoms with E-state index in [0.29, 0.717) is 21.8 Å². The maximum absolute atomic E-state index is 13.5. The predicted octanol–water partition coefficient (Wildman–Crippen LogP) is 4.69. The maximum atomic E-state index is 13.5. The molecule has 0 aliphatic carbocycles. The molecule has 1 heterocycles. The fourth-order valence-electron chi connectivity index (χ4n) is 2.27. The van der Waals surface area contributed by atoms with Gasteiger partial charge in [-0.05, 0) is 36.2 Å². The summed E-state index contributed by atoms with van der Waals surface area (Å²) in [6.07, 6.45) is 0. The van der Waals surface area contributed by atoms with Crippen molar-refractivity contribution in [1.82, 2.24) is 5.16 Å². The lowest BCUT2D eigenvalue weighted by atomic mass is 9.98. The van der Waals surface area contributed by atoms with Crippen molar-refractivity contribution in [3.63, 3.8) is 0 Å². The van der Waals surface area contributed by atoms with E-state index in [1.807, 2.05) is 19.1 Å². The van der Waals surface area contributed by atoms with Crippen LogP contribution in [-0.2, 0) is 0 Å². The number of rotatable bonds is 2. The lowest BCUT2D eigenvalue weighted by Gasteiger charge is -2.07. The summed E-state index contributed by atoms with van der Waals surface area (Å²) in [5.41, 5.74) is 9.27. The third-order valence-corrected chi connectivity index (χ3v) is 3.76. The first-order chi connectivity index (χ1) is 10.1. The lowest BCUT2D eigenvalue weighted by molar-refractivity contribution is 0.439. The summed E-state index contributed by atoms with van der Waals surface area (Å²) < 4.78 is 18.6. The zero-order chi connectivity index (χ0) is 15.0. The smallest absolute Gasteiger partial charge is 0.230 e. The van der Waals surface area contributed by atoms with Gasteiger partial charge in [0.05, 0.1) is 5.56 Å². The second-order valence-corrected chi connectivity index (χ2v) is 5.10. The van der Waals surface area contributed by atoms with E-state index in [2.05, 4.69) is 5.16 Å². The van der Waals surface area contributed by atoms with Crippen LogP contribution < -0.4 is 5.73 Å². The molecule has 0 fully saturated rings. The zero-order valence-corrected chi connectivity index (χ0v) is 12.0. The van der Waals surface area contributed by atoms with Gasteiger partial charge in [-0.1, -0.05) is 41.0 Å². The molecule has 2 N–H and O–H groups in total. The Labute approximate surface area is 126 Å². The quantitative estimate of drug-likeness (QED) is 0.747. The molecule has 21 heavy (non-hydrogen) atoms. The Morgan fingerprint density at radius 3 is 2.71 bits per heavy atom. The van der Waals surface area contributed by atoms with E-state index in [9.17, 15) is 4.39 Å². The Balaban J connectivity index is 2.24. The average molecular weight is 303 g/mol. The Bertz CT molecular complexity index is 814. The summed E-state index contributed by atoms with van der Waals surface area (Å²) in [7, 11) is 0. The van der Waals surface area contributed by atoms with Crippen LogP contribution in [0.2, 0.25) is 5.02 Å². The Kier molecular flexibility index (Phi) is 3.39. The van der Waals surface area contributed by atoms with Gasteiger partial charge in [-0.25, -0.2) is 4.39 Å². The summed E-state index contributed by atoms with van der Waals surface area (Å²) in [4.78, 5) is 0. The van der Waals surface area contributed by atoms with Crippen LogP contribution >= 0.6 is 11.6 Å². The van der Waals surface area contributed by atoms with E-state index in [1.165, 1.54) is 12.1 Å². The normalized spacial score (nSPS) is 10.8. The lowest BCUT2D eigenvalue weighted by Crippen LogP contribution is -1.90. The third kappa shape index (κ3) is 2.38. The van der Waals surface area contributed by atoms with Gasteiger partial charge in [0.1, 0.15) is 11.5 Å². The van der Waals surface area contributed by atoms with E-state index in [0.717, 1.165) is 11.1 Å². The third-order valence-electron chi connectivity index (χ3n) is 3.35. The van der Waals surface area contributed by atoms with Crippen molar-refractivity contribution in [2.24, 2.45) is 0 Å². The van der Waals surface area contributed by atoms with Gasteiger partial charge in [0.25, 0.3) is 0 Å². The molecule has 0 aliphatic heterocycles. The minimum absolute atomic E-state index is 0.148. The predicted molar refractivity (Wildman–Crippen MR) is 81.5 cm³/mol. The van der Waals surface area contributed by atoms with Crippen molar-refractivity contribution in [3.8, 4) is 22.4 Å². The van der Waals surface area contributed by atoms with Gasteiger partial charge in [-0.3, -0.25) is 0 Å². The largest absolute Gasteiger partial charge is 0.367 e. The summed E-state index contributed by atoms with van der Waals surface area (Å²) in [6.45, 7) is 1.89. The molecule has 5 heteroatoms. The molecule has 0 unspecified atom stereocenters. The van der Waals surface area contributed by atoms with E-state index in [4.69, 9.17) is 21.9 Å². The van der Waals surface area contributed by atoms with Crippen molar-refractivity contribution in [2.45, 2.75) is 6.92 Å². The van der Waals surface area contributed by atoms with Crippen LogP contribution in [0.5, 0.6) is 0 Å². The second-order valence-electron chi connectivity index (χ2n) is 4.69. The van der Waals surface area contributed by atoms with E-state index < -0.39 is 0 Å². The summed E-state index contributed by atoms with van der Waals surface area (Å²) in [5.74, 6) is -0.197. The van der Waals surface area contributed by atoms with Gasteiger partial charge in [0.2, 0.25) is 5.88 Å². The standard InChI is InChI=1S/C16H12ClFN2O/c1-9-12(6-3-7-13(9)17)15-14(16(19)21-20-15)10-4-2-5-11(18)8-10/h2-8H,19H2,1H3. The number of nitrogens with zero attached hydrogens (tertiary/aromatic N) is 1. The first kappa shape index (κ1) is 13.6. The van der Waals surface area contributed by atoms with E-state index >= 15 is 0 Å².